The van der Waals surface area contributed by atoms with Gasteiger partial charge in [0.1, 0.15) is 22.2 Å². The molecule has 3 nitrogen and oxygen atoms in total. The molecule has 4 rings (SSSR count). The Morgan fingerprint density at radius 2 is 1.84 bits per heavy atom. The summed E-state index contributed by atoms with van der Waals surface area (Å²) >= 11 is 8.61. The van der Waals surface area contributed by atoms with Crippen LogP contribution in [0.15, 0.2) is 51.4 Å². The fourth-order valence-corrected chi connectivity index (χ4v) is 4.19. The Bertz CT molecular complexity index is 1040. The Kier molecular flexibility index (Phi) is 4.45. The van der Waals surface area contributed by atoms with Gasteiger partial charge in [0.05, 0.1) is 16.3 Å². The summed E-state index contributed by atoms with van der Waals surface area (Å²) in [5, 5.41) is 3.05. The van der Waals surface area contributed by atoms with E-state index in [4.69, 9.17) is 16.0 Å². The molecule has 0 unspecified atom stereocenters. The minimum Gasteiger partial charge on any atom is -0.430 e. The van der Waals surface area contributed by atoms with Crippen molar-refractivity contribution in [3.63, 3.8) is 0 Å². The van der Waals surface area contributed by atoms with E-state index < -0.39 is 11.6 Å². The summed E-state index contributed by atoms with van der Waals surface area (Å²) in [6, 6.07) is 9.12. The fourth-order valence-electron chi connectivity index (χ4n) is 2.28. The van der Waals surface area contributed by atoms with Crippen LogP contribution in [0.3, 0.4) is 0 Å². The zero-order valence-electron chi connectivity index (χ0n) is 12.5. The summed E-state index contributed by atoms with van der Waals surface area (Å²) in [7, 11) is 0. The second-order valence-corrected chi connectivity index (χ2v) is 7.29. The molecule has 0 spiro atoms. The molecule has 4 aromatic rings. The molecule has 0 saturated carbocycles. The van der Waals surface area contributed by atoms with Crippen LogP contribution in [0.5, 0.6) is 0 Å². The highest BCUT2D eigenvalue weighted by atomic mass is 35.5. The van der Waals surface area contributed by atoms with Gasteiger partial charge in [0.25, 0.3) is 5.22 Å². The first-order valence-corrected chi connectivity index (χ1v) is 9.43. The number of para-hydroxylation sites is 1. The number of thioether (sulfide) groups is 1. The second kappa shape index (κ2) is 6.74. The van der Waals surface area contributed by atoms with Gasteiger partial charge in [-0.1, -0.05) is 35.5 Å². The first-order chi connectivity index (χ1) is 12.1. The van der Waals surface area contributed by atoms with Gasteiger partial charge in [0.15, 0.2) is 5.58 Å². The van der Waals surface area contributed by atoms with Gasteiger partial charge in [-0.3, -0.25) is 0 Å². The van der Waals surface area contributed by atoms with Gasteiger partial charge in [-0.15, -0.1) is 11.3 Å². The smallest absolute Gasteiger partial charge is 0.257 e. The second-order valence-electron chi connectivity index (χ2n) is 5.10. The lowest BCUT2D eigenvalue weighted by Gasteiger charge is -2.00. The van der Waals surface area contributed by atoms with Crippen molar-refractivity contribution in [3.05, 3.63) is 64.1 Å². The van der Waals surface area contributed by atoms with Crippen molar-refractivity contribution in [1.29, 1.82) is 0 Å². The number of hydrogen-bond donors (Lipinski definition) is 0. The van der Waals surface area contributed by atoms with E-state index in [0.29, 0.717) is 37.8 Å². The van der Waals surface area contributed by atoms with Crippen LogP contribution in [-0.2, 0) is 5.75 Å². The number of benzene rings is 2. The zero-order chi connectivity index (χ0) is 17.4. The largest absolute Gasteiger partial charge is 0.430 e. The molecule has 0 atom stereocenters. The van der Waals surface area contributed by atoms with Gasteiger partial charge in [0.2, 0.25) is 0 Å². The molecule has 2 heterocycles. The Morgan fingerprint density at radius 3 is 2.60 bits per heavy atom. The van der Waals surface area contributed by atoms with Crippen molar-refractivity contribution in [1.82, 2.24) is 9.97 Å². The number of rotatable bonds is 4. The van der Waals surface area contributed by atoms with E-state index in [1.165, 1.54) is 41.3 Å². The molecule has 2 aromatic heterocycles. The van der Waals surface area contributed by atoms with Crippen LogP contribution in [-0.4, -0.2) is 9.97 Å². The molecule has 8 heteroatoms. The van der Waals surface area contributed by atoms with Crippen molar-refractivity contribution in [2.24, 2.45) is 0 Å². The SMILES string of the molecule is Fc1cccc(F)c1-c1nc(CSc2nc3cccc(Cl)c3o2)cs1. The van der Waals surface area contributed by atoms with Crippen LogP contribution < -0.4 is 0 Å². The third-order valence-electron chi connectivity index (χ3n) is 3.42. The van der Waals surface area contributed by atoms with Gasteiger partial charge in [-0.25, -0.2) is 18.7 Å². The summed E-state index contributed by atoms with van der Waals surface area (Å²) in [5.74, 6) is -0.777. The minimum atomic E-state index is -0.623. The molecule has 0 fully saturated rings. The Hall–Kier alpha value is -1.96. The summed E-state index contributed by atoms with van der Waals surface area (Å²) in [6.07, 6.45) is 0. The predicted molar refractivity (Wildman–Crippen MR) is 96.0 cm³/mol. The molecule has 0 saturated heterocycles. The Labute approximate surface area is 154 Å². The molecule has 0 radical (unpaired) electrons. The number of oxazole rings is 1. The van der Waals surface area contributed by atoms with E-state index in [1.54, 1.807) is 17.5 Å². The number of nitrogens with zero attached hydrogens (tertiary/aromatic N) is 2. The molecule has 25 heavy (non-hydrogen) atoms. The summed E-state index contributed by atoms with van der Waals surface area (Å²) < 4.78 is 33.3. The van der Waals surface area contributed by atoms with E-state index in [-0.39, 0.29) is 5.56 Å². The maximum atomic E-state index is 13.8. The summed E-state index contributed by atoms with van der Waals surface area (Å²) in [6.45, 7) is 0. The normalized spacial score (nSPS) is 11.3. The summed E-state index contributed by atoms with van der Waals surface area (Å²) in [4.78, 5) is 8.66. The highest BCUT2D eigenvalue weighted by Crippen LogP contribution is 2.33. The van der Waals surface area contributed by atoms with Crippen molar-refractivity contribution < 1.29 is 13.2 Å². The third-order valence-corrected chi connectivity index (χ3v) is 5.49. The quantitative estimate of drug-likeness (QED) is 0.388. The van der Waals surface area contributed by atoms with Crippen LogP contribution in [0.4, 0.5) is 8.78 Å². The molecule has 0 aliphatic carbocycles. The first kappa shape index (κ1) is 16.5. The molecule has 126 valence electrons. The van der Waals surface area contributed by atoms with Crippen molar-refractivity contribution in [3.8, 4) is 10.6 Å². The van der Waals surface area contributed by atoms with E-state index >= 15 is 0 Å². The van der Waals surface area contributed by atoms with Crippen LogP contribution >= 0.6 is 34.7 Å². The topological polar surface area (TPSA) is 38.9 Å². The number of hydrogen-bond acceptors (Lipinski definition) is 5. The van der Waals surface area contributed by atoms with E-state index in [2.05, 4.69) is 9.97 Å². The average molecular weight is 395 g/mol. The van der Waals surface area contributed by atoms with Gasteiger partial charge >= 0.3 is 0 Å². The van der Waals surface area contributed by atoms with Crippen molar-refractivity contribution in [2.45, 2.75) is 11.0 Å². The van der Waals surface area contributed by atoms with Crippen LogP contribution in [0, 0.1) is 11.6 Å². The summed E-state index contributed by atoms with van der Waals surface area (Å²) in [5.41, 5.74) is 1.82. The maximum absolute atomic E-state index is 13.8. The lowest BCUT2D eigenvalue weighted by molar-refractivity contribution is 0.489. The molecular weight excluding hydrogens is 386 g/mol. The van der Waals surface area contributed by atoms with Gasteiger partial charge in [-0.05, 0) is 24.3 Å². The first-order valence-electron chi connectivity index (χ1n) is 7.18. The molecule has 0 aliphatic rings. The Morgan fingerprint density at radius 1 is 1.08 bits per heavy atom. The molecule has 0 bridgehead atoms. The molecule has 2 aromatic carbocycles. The average Bonchev–Trinajstić information content (AvgIpc) is 3.20. The number of aromatic nitrogens is 2. The Balaban J connectivity index is 1.54. The lowest BCUT2D eigenvalue weighted by atomic mass is 10.2. The van der Waals surface area contributed by atoms with Crippen LogP contribution in [0.1, 0.15) is 5.69 Å². The number of thiazole rings is 1. The third kappa shape index (κ3) is 3.27. The van der Waals surface area contributed by atoms with Gasteiger partial charge < -0.3 is 4.42 Å². The monoisotopic (exact) mass is 394 g/mol. The van der Waals surface area contributed by atoms with E-state index in [1.807, 2.05) is 6.07 Å². The van der Waals surface area contributed by atoms with Crippen molar-refractivity contribution in [2.75, 3.05) is 0 Å². The zero-order valence-corrected chi connectivity index (χ0v) is 14.9. The predicted octanol–water partition coefficient (Wildman–Crippen LogP) is 6.18. The minimum absolute atomic E-state index is 0.0996. The number of halogens is 3. The maximum Gasteiger partial charge on any atom is 0.257 e. The standard InChI is InChI=1S/C17H9ClF2N2OS2/c18-10-3-1-6-13-15(10)23-17(22-13)25-8-9-7-24-16(21-9)14-11(19)4-2-5-12(14)20/h1-7H,8H2. The molecule has 0 aliphatic heterocycles. The van der Waals surface area contributed by atoms with Crippen LogP contribution in [0.25, 0.3) is 21.7 Å². The van der Waals surface area contributed by atoms with Crippen LogP contribution in [0.2, 0.25) is 5.02 Å². The highest BCUT2D eigenvalue weighted by Gasteiger charge is 2.15. The van der Waals surface area contributed by atoms with E-state index in [9.17, 15) is 8.78 Å². The van der Waals surface area contributed by atoms with Gasteiger partial charge in [0, 0.05) is 11.1 Å². The van der Waals surface area contributed by atoms with Gasteiger partial charge in [-0.2, -0.15) is 0 Å². The number of fused-ring (bicyclic) bond motifs is 1. The molecule has 0 N–H and O–H groups in total. The van der Waals surface area contributed by atoms with E-state index in [0.717, 1.165) is 0 Å². The molecule has 0 amide bonds. The highest BCUT2D eigenvalue weighted by molar-refractivity contribution is 7.98. The molecular formula is C17H9ClF2N2OS2. The lowest BCUT2D eigenvalue weighted by Crippen LogP contribution is -1.89. The van der Waals surface area contributed by atoms with Crippen molar-refractivity contribution >= 4 is 45.8 Å². The fraction of sp³-hybridized carbons (Fsp3) is 0.0588.